The maximum absolute atomic E-state index is 12.2. The molecule has 1 aromatic carbocycles. The van der Waals surface area contributed by atoms with E-state index in [1.807, 2.05) is 24.3 Å². The van der Waals surface area contributed by atoms with Gasteiger partial charge in [0.2, 0.25) is 5.91 Å². The molecule has 5 nitrogen and oxygen atoms in total. The lowest BCUT2D eigenvalue weighted by molar-refractivity contribution is -0.134. The van der Waals surface area contributed by atoms with Crippen LogP contribution < -0.4 is 10.6 Å². The number of carbonyl (C=O) groups excluding carboxylic acids is 2. The summed E-state index contributed by atoms with van der Waals surface area (Å²) in [5.41, 5.74) is 1.85. The number of nitrogens with zero attached hydrogens (tertiary/aromatic N) is 1. The fourth-order valence-corrected chi connectivity index (χ4v) is 3.40. The zero-order valence-corrected chi connectivity index (χ0v) is 14.5. The molecule has 2 fully saturated rings. The summed E-state index contributed by atoms with van der Waals surface area (Å²) in [6.45, 7) is 4.74. The SMILES string of the molecule is CNC(=O)c1ccc(CN[C@@H]2CCN(C(=O)C3CC3)C[C@@H]2C)cc1. The molecule has 1 aromatic rings. The second kappa shape index (κ2) is 7.34. The van der Waals surface area contributed by atoms with Gasteiger partial charge < -0.3 is 15.5 Å². The molecule has 0 radical (unpaired) electrons. The summed E-state index contributed by atoms with van der Waals surface area (Å²) in [5.74, 6) is 1.09. The average molecular weight is 329 g/mol. The van der Waals surface area contributed by atoms with Gasteiger partial charge in [-0.2, -0.15) is 0 Å². The molecule has 0 spiro atoms. The third-order valence-corrected chi connectivity index (χ3v) is 5.16. The van der Waals surface area contributed by atoms with Crippen LogP contribution in [0.4, 0.5) is 0 Å². The molecule has 2 atom stereocenters. The van der Waals surface area contributed by atoms with Gasteiger partial charge in [0.1, 0.15) is 0 Å². The molecular weight excluding hydrogens is 302 g/mol. The predicted molar refractivity (Wildman–Crippen MR) is 93.5 cm³/mol. The van der Waals surface area contributed by atoms with Crippen molar-refractivity contribution in [3.8, 4) is 0 Å². The van der Waals surface area contributed by atoms with E-state index in [1.165, 1.54) is 5.56 Å². The molecule has 1 aliphatic carbocycles. The van der Waals surface area contributed by atoms with Crippen LogP contribution in [0.15, 0.2) is 24.3 Å². The second-order valence-electron chi connectivity index (χ2n) is 7.09. The van der Waals surface area contributed by atoms with Crippen LogP contribution in [0.5, 0.6) is 0 Å². The van der Waals surface area contributed by atoms with Gasteiger partial charge >= 0.3 is 0 Å². The van der Waals surface area contributed by atoms with E-state index in [0.29, 0.717) is 29.3 Å². The molecule has 3 rings (SSSR count). The van der Waals surface area contributed by atoms with Crippen molar-refractivity contribution in [2.75, 3.05) is 20.1 Å². The van der Waals surface area contributed by atoms with Crippen LogP contribution in [0, 0.1) is 11.8 Å². The number of benzene rings is 1. The van der Waals surface area contributed by atoms with Crippen LogP contribution in [0.3, 0.4) is 0 Å². The van der Waals surface area contributed by atoms with Crippen LogP contribution in [0.1, 0.15) is 42.1 Å². The van der Waals surface area contributed by atoms with Crippen LogP contribution in [0.25, 0.3) is 0 Å². The molecule has 1 saturated heterocycles. The Kier molecular flexibility index (Phi) is 5.19. The number of nitrogens with one attached hydrogen (secondary N) is 2. The third kappa shape index (κ3) is 3.96. The summed E-state index contributed by atoms with van der Waals surface area (Å²) in [6, 6.07) is 8.14. The lowest BCUT2D eigenvalue weighted by Gasteiger charge is -2.37. The standard InChI is InChI=1S/C19H27N3O2/c1-13-12-22(19(24)16-7-8-16)10-9-17(13)21-11-14-3-5-15(6-4-14)18(23)20-2/h3-6,13,16-17,21H,7-12H2,1-2H3,(H,20,23)/t13-,17+/m0/s1. The summed E-state index contributed by atoms with van der Waals surface area (Å²) in [5, 5.41) is 6.25. The Bertz CT molecular complexity index is 595. The van der Waals surface area contributed by atoms with Gasteiger partial charge in [-0.1, -0.05) is 19.1 Å². The highest BCUT2D eigenvalue weighted by molar-refractivity contribution is 5.93. The lowest BCUT2D eigenvalue weighted by atomic mass is 9.93. The minimum Gasteiger partial charge on any atom is -0.355 e. The Morgan fingerprint density at radius 2 is 1.88 bits per heavy atom. The summed E-state index contributed by atoms with van der Waals surface area (Å²) < 4.78 is 0. The first-order valence-electron chi connectivity index (χ1n) is 8.91. The molecule has 130 valence electrons. The fourth-order valence-electron chi connectivity index (χ4n) is 3.40. The normalized spacial score (nSPS) is 23.8. The first-order chi connectivity index (χ1) is 11.6. The minimum atomic E-state index is -0.0594. The van der Waals surface area contributed by atoms with E-state index in [4.69, 9.17) is 0 Å². The van der Waals surface area contributed by atoms with Gasteiger partial charge in [-0.3, -0.25) is 9.59 Å². The zero-order chi connectivity index (χ0) is 17.1. The van der Waals surface area contributed by atoms with Gasteiger partial charge in [-0.25, -0.2) is 0 Å². The molecule has 1 saturated carbocycles. The molecular formula is C19H27N3O2. The molecule has 1 aliphatic heterocycles. The number of hydrogen-bond donors (Lipinski definition) is 2. The smallest absolute Gasteiger partial charge is 0.251 e. The molecule has 5 heteroatoms. The highest BCUT2D eigenvalue weighted by Crippen LogP contribution is 2.32. The van der Waals surface area contributed by atoms with E-state index in [-0.39, 0.29) is 5.91 Å². The van der Waals surface area contributed by atoms with Crippen LogP contribution in [0.2, 0.25) is 0 Å². The fraction of sp³-hybridized carbons (Fsp3) is 0.579. The first-order valence-corrected chi connectivity index (χ1v) is 8.91. The first kappa shape index (κ1) is 17.0. The highest BCUT2D eigenvalue weighted by Gasteiger charge is 2.36. The van der Waals surface area contributed by atoms with Crippen molar-refractivity contribution in [1.29, 1.82) is 0 Å². The van der Waals surface area contributed by atoms with E-state index in [0.717, 1.165) is 38.9 Å². The van der Waals surface area contributed by atoms with Crippen LogP contribution in [-0.2, 0) is 11.3 Å². The maximum Gasteiger partial charge on any atom is 0.251 e. The van der Waals surface area contributed by atoms with Gasteiger partial charge in [0.05, 0.1) is 0 Å². The summed E-state index contributed by atoms with van der Waals surface area (Å²) in [7, 11) is 1.64. The topological polar surface area (TPSA) is 61.4 Å². The number of amides is 2. The Hall–Kier alpha value is -1.88. The molecule has 0 bridgehead atoms. The number of rotatable bonds is 5. The van der Waals surface area contributed by atoms with Crippen molar-refractivity contribution in [3.63, 3.8) is 0 Å². The van der Waals surface area contributed by atoms with Crippen LogP contribution in [-0.4, -0.2) is 42.9 Å². The molecule has 2 amide bonds. The monoisotopic (exact) mass is 329 g/mol. The molecule has 2 N–H and O–H groups in total. The van der Waals surface area contributed by atoms with E-state index >= 15 is 0 Å². The predicted octanol–water partition coefficient (Wildman–Crippen LogP) is 1.78. The molecule has 2 aliphatic rings. The maximum atomic E-state index is 12.2. The van der Waals surface area contributed by atoms with Crippen molar-refractivity contribution in [2.45, 2.75) is 38.8 Å². The molecule has 1 heterocycles. The number of hydrogen-bond acceptors (Lipinski definition) is 3. The Labute approximate surface area is 143 Å². The number of likely N-dealkylation sites (tertiary alicyclic amines) is 1. The lowest BCUT2D eigenvalue weighted by Crippen LogP contribution is -2.50. The zero-order valence-electron chi connectivity index (χ0n) is 14.5. The molecule has 0 aromatic heterocycles. The van der Waals surface area contributed by atoms with Crippen molar-refractivity contribution in [1.82, 2.24) is 15.5 Å². The van der Waals surface area contributed by atoms with Crippen molar-refractivity contribution >= 4 is 11.8 Å². The van der Waals surface area contributed by atoms with Crippen molar-refractivity contribution < 1.29 is 9.59 Å². The van der Waals surface area contributed by atoms with Crippen molar-refractivity contribution in [2.24, 2.45) is 11.8 Å². The summed E-state index contributed by atoms with van der Waals surface area (Å²) >= 11 is 0. The minimum absolute atomic E-state index is 0.0594. The van der Waals surface area contributed by atoms with Crippen molar-refractivity contribution in [3.05, 3.63) is 35.4 Å². The Morgan fingerprint density at radius 3 is 2.46 bits per heavy atom. The van der Waals surface area contributed by atoms with E-state index in [9.17, 15) is 9.59 Å². The summed E-state index contributed by atoms with van der Waals surface area (Å²) in [4.78, 5) is 25.8. The Morgan fingerprint density at radius 1 is 1.17 bits per heavy atom. The number of carbonyl (C=O) groups is 2. The second-order valence-corrected chi connectivity index (χ2v) is 7.09. The Balaban J connectivity index is 1.48. The van der Waals surface area contributed by atoms with Gasteiger partial charge in [-0.15, -0.1) is 0 Å². The van der Waals surface area contributed by atoms with Gasteiger partial charge in [0.15, 0.2) is 0 Å². The average Bonchev–Trinajstić information content (AvgIpc) is 3.45. The quantitative estimate of drug-likeness (QED) is 0.866. The largest absolute Gasteiger partial charge is 0.355 e. The van der Waals surface area contributed by atoms with Gasteiger partial charge in [-0.05, 0) is 42.9 Å². The molecule has 0 unspecified atom stereocenters. The van der Waals surface area contributed by atoms with Gasteiger partial charge in [0, 0.05) is 44.2 Å². The third-order valence-electron chi connectivity index (χ3n) is 5.16. The van der Waals surface area contributed by atoms with E-state index < -0.39 is 0 Å². The highest BCUT2D eigenvalue weighted by atomic mass is 16.2. The van der Waals surface area contributed by atoms with Gasteiger partial charge in [0.25, 0.3) is 5.91 Å². The summed E-state index contributed by atoms with van der Waals surface area (Å²) in [6.07, 6.45) is 3.17. The van der Waals surface area contributed by atoms with E-state index in [1.54, 1.807) is 7.05 Å². The molecule has 24 heavy (non-hydrogen) atoms. The number of piperidine rings is 1. The van der Waals surface area contributed by atoms with Crippen LogP contribution >= 0.6 is 0 Å². The van der Waals surface area contributed by atoms with E-state index in [2.05, 4.69) is 22.5 Å².